The van der Waals surface area contributed by atoms with Gasteiger partial charge in [-0.3, -0.25) is 4.79 Å². The van der Waals surface area contributed by atoms with Gasteiger partial charge in [-0.2, -0.15) is 12.6 Å². The number of thiol groups is 1. The Morgan fingerprint density at radius 3 is 2.33 bits per heavy atom. The van der Waals surface area contributed by atoms with E-state index in [-0.39, 0.29) is 23.6 Å². The van der Waals surface area contributed by atoms with Crippen LogP contribution in [0.3, 0.4) is 0 Å². The first kappa shape index (κ1) is 12.3. The van der Waals surface area contributed by atoms with E-state index < -0.39 is 0 Å². The molecule has 0 radical (unpaired) electrons. The molecule has 0 saturated heterocycles. The van der Waals surface area contributed by atoms with Crippen molar-refractivity contribution < 1.29 is 9.90 Å². The lowest BCUT2D eigenvalue weighted by Crippen LogP contribution is -2.18. The predicted octanol–water partition coefficient (Wildman–Crippen LogP) is 2.17. The number of rotatable bonds is 4. The average molecular weight is 224 g/mol. The third kappa shape index (κ3) is 3.08. The quantitative estimate of drug-likeness (QED) is 0.769. The van der Waals surface area contributed by atoms with Gasteiger partial charge in [-0.05, 0) is 24.0 Å². The first-order valence-corrected chi connectivity index (χ1v) is 5.46. The molecular formula is C12H16O2S. The topological polar surface area (TPSA) is 37.3 Å². The largest absolute Gasteiger partial charge is 0.392 e. The molecule has 3 heteroatoms. The second kappa shape index (κ2) is 5.33. The molecular weight excluding hydrogens is 208 g/mol. The smallest absolute Gasteiger partial charge is 0.143 e. The maximum atomic E-state index is 11.2. The lowest BCUT2D eigenvalue weighted by Gasteiger charge is -2.17. The molecule has 1 aromatic carbocycles. The Morgan fingerprint density at radius 2 is 1.93 bits per heavy atom. The van der Waals surface area contributed by atoms with Crippen LogP contribution in [-0.4, -0.2) is 16.1 Å². The van der Waals surface area contributed by atoms with Crippen LogP contribution < -0.4 is 0 Å². The van der Waals surface area contributed by atoms with Crippen LogP contribution in [0.25, 0.3) is 0 Å². The number of carbonyl (C=O) groups is 1. The van der Waals surface area contributed by atoms with Crippen molar-refractivity contribution in [3.8, 4) is 0 Å². The fourth-order valence-corrected chi connectivity index (χ4v) is 1.63. The van der Waals surface area contributed by atoms with E-state index in [4.69, 9.17) is 5.11 Å². The second-order valence-electron chi connectivity index (χ2n) is 3.74. The highest BCUT2D eigenvalue weighted by molar-refractivity contribution is 7.81. The first-order chi connectivity index (χ1) is 7.06. The highest BCUT2D eigenvalue weighted by atomic mass is 32.1. The van der Waals surface area contributed by atoms with E-state index in [0.717, 1.165) is 11.1 Å². The number of aliphatic hydroxyl groups is 1. The van der Waals surface area contributed by atoms with E-state index in [2.05, 4.69) is 12.6 Å². The summed E-state index contributed by atoms with van der Waals surface area (Å²) in [5.74, 6) is 0.177. The molecule has 1 N–H and O–H groups in total. The Hall–Kier alpha value is -0.800. The number of aliphatic hydroxyl groups excluding tert-OH is 1. The van der Waals surface area contributed by atoms with Crippen LogP contribution in [0.2, 0.25) is 0 Å². The van der Waals surface area contributed by atoms with E-state index in [0.29, 0.717) is 0 Å². The van der Waals surface area contributed by atoms with Crippen molar-refractivity contribution in [2.75, 3.05) is 0 Å². The van der Waals surface area contributed by atoms with Gasteiger partial charge in [0.05, 0.1) is 11.9 Å². The van der Waals surface area contributed by atoms with E-state index >= 15 is 0 Å². The second-order valence-corrected chi connectivity index (χ2v) is 4.30. The summed E-state index contributed by atoms with van der Waals surface area (Å²) in [4.78, 5) is 11.2. The predicted molar refractivity (Wildman–Crippen MR) is 64.2 cm³/mol. The maximum absolute atomic E-state index is 11.2. The average Bonchev–Trinajstić information content (AvgIpc) is 2.27. The molecule has 0 bridgehead atoms. The molecule has 0 spiro atoms. The fourth-order valence-electron chi connectivity index (χ4n) is 1.46. The lowest BCUT2D eigenvalue weighted by molar-refractivity contribution is -0.116. The normalized spacial score (nSPS) is 14.7. The summed E-state index contributed by atoms with van der Waals surface area (Å²) in [6, 6.07) is 7.60. The summed E-state index contributed by atoms with van der Waals surface area (Å²) in [6.07, 6.45) is 0. The number of hydrogen-bond acceptors (Lipinski definition) is 3. The number of hydrogen-bond donors (Lipinski definition) is 2. The van der Waals surface area contributed by atoms with Crippen molar-refractivity contribution in [1.29, 1.82) is 0 Å². The third-order valence-corrected chi connectivity index (χ3v) is 3.39. The van der Waals surface area contributed by atoms with Crippen molar-refractivity contribution in [2.24, 2.45) is 0 Å². The van der Waals surface area contributed by atoms with Crippen molar-refractivity contribution in [3.63, 3.8) is 0 Å². The Labute approximate surface area is 95.7 Å². The Bertz CT molecular complexity index is 332. The van der Waals surface area contributed by atoms with Crippen molar-refractivity contribution in [3.05, 3.63) is 35.4 Å². The zero-order valence-electron chi connectivity index (χ0n) is 8.97. The molecule has 1 aromatic rings. The van der Waals surface area contributed by atoms with Crippen LogP contribution >= 0.6 is 12.6 Å². The molecule has 2 unspecified atom stereocenters. The zero-order chi connectivity index (χ0) is 11.4. The lowest BCUT2D eigenvalue weighted by atomic mass is 9.95. The molecule has 82 valence electrons. The minimum absolute atomic E-state index is 0.0473. The molecule has 0 amide bonds. The highest BCUT2D eigenvalue weighted by Crippen LogP contribution is 2.23. The van der Waals surface area contributed by atoms with Crippen molar-refractivity contribution in [1.82, 2.24) is 0 Å². The van der Waals surface area contributed by atoms with Crippen LogP contribution in [0.4, 0.5) is 0 Å². The summed E-state index contributed by atoms with van der Waals surface area (Å²) in [7, 11) is 0. The molecule has 0 aliphatic heterocycles. The summed E-state index contributed by atoms with van der Waals surface area (Å²) in [5, 5.41) is 8.64. The van der Waals surface area contributed by atoms with Crippen molar-refractivity contribution in [2.45, 2.75) is 31.6 Å². The number of Topliss-reactive ketones (excluding diaryl/α,β-unsaturated/α-hetero) is 1. The van der Waals surface area contributed by atoms with E-state index in [1.54, 1.807) is 6.92 Å². The summed E-state index contributed by atoms with van der Waals surface area (Å²) >= 11 is 4.28. The van der Waals surface area contributed by atoms with Gasteiger partial charge in [0, 0.05) is 0 Å². The molecule has 0 aliphatic rings. The molecule has 0 fully saturated rings. The molecule has 0 aliphatic carbocycles. The Morgan fingerprint density at radius 1 is 1.40 bits per heavy atom. The molecule has 0 saturated carbocycles. The van der Waals surface area contributed by atoms with Gasteiger partial charge in [0.15, 0.2) is 0 Å². The van der Waals surface area contributed by atoms with E-state index in [1.807, 2.05) is 31.2 Å². The summed E-state index contributed by atoms with van der Waals surface area (Å²) < 4.78 is 0. The van der Waals surface area contributed by atoms with Crippen LogP contribution in [0.15, 0.2) is 24.3 Å². The molecule has 2 atom stereocenters. The van der Waals surface area contributed by atoms with Gasteiger partial charge >= 0.3 is 0 Å². The van der Waals surface area contributed by atoms with Crippen LogP contribution in [0.5, 0.6) is 0 Å². The fraction of sp³-hybridized carbons (Fsp3) is 0.417. The minimum atomic E-state index is -0.259. The third-order valence-electron chi connectivity index (χ3n) is 2.58. The monoisotopic (exact) mass is 224 g/mol. The standard InChI is InChI=1S/C12H16O2S/c1-8(12(15)9(2)14)11-5-3-10(7-13)4-6-11/h3-6,8,12-13,15H,7H2,1-2H3. The summed E-state index contributed by atoms with van der Waals surface area (Å²) in [5.41, 5.74) is 1.95. The number of carbonyl (C=O) groups excluding carboxylic acids is 1. The van der Waals surface area contributed by atoms with Gasteiger partial charge in [-0.1, -0.05) is 31.2 Å². The van der Waals surface area contributed by atoms with Gasteiger partial charge in [0.1, 0.15) is 5.78 Å². The number of benzene rings is 1. The van der Waals surface area contributed by atoms with Crippen molar-refractivity contribution >= 4 is 18.4 Å². The molecule has 1 rings (SSSR count). The Balaban J connectivity index is 2.82. The molecule has 15 heavy (non-hydrogen) atoms. The maximum Gasteiger partial charge on any atom is 0.143 e. The van der Waals surface area contributed by atoms with E-state index in [9.17, 15) is 4.79 Å². The summed E-state index contributed by atoms with van der Waals surface area (Å²) in [6.45, 7) is 3.58. The van der Waals surface area contributed by atoms with Gasteiger partial charge in [0.2, 0.25) is 0 Å². The van der Waals surface area contributed by atoms with Crippen LogP contribution in [-0.2, 0) is 11.4 Å². The van der Waals surface area contributed by atoms with Crippen LogP contribution in [0.1, 0.15) is 30.9 Å². The highest BCUT2D eigenvalue weighted by Gasteiger charge is 2.18. The number of ketones is 1. The molecule has 2 nitrogen and oxygen atoms in total. The van der Waals surface area contributed by atoms with Gasteiger partial charge < -0.3 is 5.11 Å². The first-order valence-electron chi connectivity index (χ1n) is 4.94. The van der Waals surface area contributed by atoms with Gasteiger partial charge in [0.25, 0.3) is 0 Å². The van der Waals surface area contributed by atoms with Crippen LogP contribution in [0, 0.1) is 0 Å². The zero-order valence-corrected chi connectivity index (χ0v) is 9.87. The SMILES string of the molecule is CC(=O)C(S)C(C)c1ccc(CO)cc1. The minimum Gasteiger partial charge on any atom is -0.392 e. The molecule has 0 aromatic heterocycles. The van der Waals surface area contributed by atoms with Gasteiger partial charge in [-0.15, -0.1) is 0 Å². The molecule has 0 heterocycles. The van der Waals surface area contributed by atoms with Gasteiger partial charge in [-0.25, -0.2) is 0 Å². The van der Waals surface area contributed by atoms with E-state index in [1.165, 1.54) is 0 Å². The Kier molecular flexibility index (Phi) is 4.36.